The zero-order chi connectivity index (χ0) is 13.8. The predicted molar refractivity (Wildman–Crippen MR) is 71.5 cm³/mol. The molecule has 2 fully saturated rings. The van der Waals surface area contributed by atoms with Crippen molar-refractivity contribution in [2.45, 2.75) is 39.2 Å². The van der Waals surface area contributed by atoms with E-state index in [4.69, 9.17) is 4.74 Å². The Labute approximate surface area is 114 Å². The van der Waals surface area contributed by atoms with E-state index < -0.39 is 0 Å². The Hall–Kier alpha value is -0.940. The van der Waals surface area contributed by atoms with Gasteiger partial charge in [-0.15, -0.1) is 0 Å². The van der Waals surface area contributed by atoms with Gasteiger partial charge >= 0.3 is 0 Å². The van der Waals surface area contributed by atoms with Crippen LogP contribution < -0.4 is 5.32 Å². The van der Waals surface area contributed by atoms with Crippen LogP contribution in [0.3, 0.4) is 0 Å². The topological polar surface area (TPSA) is 58.6 Å². The number of amides is 2. The smallest absolute Gasteiger partial charge is 0.232 e. The standard InChI is InChI=1S/C14H24N2O3/c1-10-11(2)14(18)16(13(10)17)8-3-9-19-12-4-6-15-7-5-12/h10-12,15H,3-9H2,1-2H3. The molecule has 5 nitrogen and oxygen atoms in total. The van der Waals surface area contributed by atoms with Crippen LogP contribution in [0.25, 0.3) is 0 Å². The van der Waals surface area contributed by atoms with Crippen molar-refractivity contribution in [1.82, 2.24) is 10.2 Å². The Kier molecular flexibility index (Phi) is 4.93. The van der Waals surface area contributed by atoms with Crippen LogP contribution in [-0.2, 0) is 14.3 Å². The van der Waals surface area contributed by atoms with Gasteiger partial charge in [0.2, 0.25) is 11.8 Å². The van der Waals surface area contributed by atoms with E-state index in [9.17, 15) is 9.59 Å². The van der Waals surface area contributed by atoms with Crippen LogP contribution in [0.1, 0.15) is 33.1 Å². The second kappa shape index (κ2) is 6.48. The molecule has 2 atom stereocenters. The lowest BCUT2D eigenvalue weighted by atomic mass is 10.00. The van der Waals surface area contributed by atoms with Crippen molar-refractivity contribution < 1.29 is 14.3 Å². The summed E-state index contributed by atoms with van der Waals surface area (Å²) >= 11 is 0. The van der Waals surface area contributed by atoms with E-state index in [2.05, 4.69) is 5.32 Å². The average molecular weight is 268 g/mol. The molecule has 2 amide bonds. The fourth-order valence-corrected chi connectivity index (χ4v) is 2.68. The lowest BCUT2D eigenvalue weighted by Crippen LogP contribution is -2.34. The first kappa shape index (κ1) is 14.5. The molecule has 0 aromatic carbocycles. The SMILES string of the molecule is CC1C(=O)N(CCCOC2CCNCC2)C(=O)C1C. The molecule has 19 heavy (non-hydrogen) atoms. The molecule has 0 saturated carbocycles. The van der Waals surface area contributed by atoms with E-state index in [0.29, 0.717) is 19.3 Å². The minimum Gasteiger partial charge on any atom is -0.378 e. The number of imide groups is 1. The number of likely N-dealkylation sites (tertiary alicyclic amines) is 1. The molecular weight excluding hydrogens is 244 g/mol. The summed E-state index contributed by atoms with van der Waals surface area (Å²) in [6.45, 7) is 6.82. The van der Waals surface area contributed by atoms with Gasteiger partial charge < -0.3 is 10.1 Å². The zero-order valence-electron chi connectivity index (χ0n) is 11.9. The van der Waals surface area contributed by atoms with Gasteiger partial charge in [-0.1, -0.05) is 13.8 Å². The summed E-state index contributed by atoms with van der Waals surface area (Å²) in [5.41, 5.74) is 0. The van der Waals surface area contributed by atoms with Gasteiger partial charge in [0, 0.05) is 25.0 Å². The largest absolute Gasteiger partial charge is 0.378 e. The third-order valence-corrected chi connectivity index (χ3v) is 4.23. The van der Waals surface area contributed by atoms with Crippen molar-refractivity contribution in [3.05, 3.63) is 0 Å². The maximum atomic E-state index is 11.9. The van der Waals surface area contributed by atoms with Gasteiger partial charge in [0.25, 0.3) is 0 Å². The minimum atomic E-state index is -0.169. The lowest BCUT2D eigenvalue weighted by Gasteiger charge is -2.23. The summed E-state index contributed by atoms with van der Waals surface area (Å²) in [6, 6.07) is 0. The van der Waals surface area contributed by atoms with Crippen molar-refractivity contribution in [2.75, 3.05) is 26.2 Å². The number of carbonyl (C=O) groups excluding carboxylic acids is 2. The molecule has 2 saturated heterocycles. The third-order valence-electron chi connectivity index (χ3n) is 4.23. The molecule has 0 spiro atoms. The van der Waals surface area contributed by atoms with Gasteiger partial charge in [0.1, 0.15) is 0 Å². The van der Waals surface area contributed by atoms with Crippen molar-refractivity contribution in [3.63, 3.8) is 0 Å². The first-order chi connectivity index (χ1) is 9.11. The monoisotopic (exact) mass is 268 g/mol. The molecule has 0 radical (unpaired) electrons. The molecule has 0 aliphatic carbocycles. The second-order valence-corrected chi connectivity index (χ2v) is 5.58. The number of hydrogen-bond donors (Lipinski definition) is 1. The highest BCUT2D eigenvalue weighted by atomic mass is 16.5. The molecule has 108 valence electrons. The molecule has 0 aromatic rings. The number of ether oxygens (including phenoxy) is 1. The molecule has 2 unspecified atom stereocenters. The number of nitrogens with zero attached hydrogens (tertiary/aromatic N) is 1. The Bertz CT molecular complexity index is 320. The molecule has 2 heterocycles. The van der Waals surface area contributed by atoms with Gasteiger partial charge in [-0.05, 0) is 32.4 Å². The summed E-state index contributed by atoms with van der Waals surface area (Å²) in [5.74, 6) is -0.394. The van der Waals surface area contributed by atoms with Crippen LogP contribution in [0.15, 0.2) is 0 Å². The fourth-order valence-electron chi connectivity index (χ4n) is 2.68. The number of rotatable bonds is 5. The van der Waals surface area contributed by atoms with Gasteiger partial charge in [0.05, 0.1) is 6.10 Å². The molecule has 2 aliphatic heterocycles. The van der Waals surface area contributed by atoms with Crippen molar-refractivity contribution in [1.29, 1.82) is 0 Å². The van der Waals surface area contributed by atoms with Gasteiger partial charge in [-0.3, -0.25) is 14.5 Å². The third kappa shape index (κ3) is 3.34. The highest BCUT2D eigenvalue weighted by Crippen LogP contribution is 2.25. The van der Waals surface area contributed by atoms with Crippen molar-refractivity contribution in [3.8, 4) is 0 Å². The summed E-state index contributed by atoms with van der Waals surface area (Å²) in [4.78, 5) is 25.2. The summed E-state index contributed by atoms with van der Waals surface area (Å²) in [5, 5.41) is 3.29. The van der Waals surface area contributed by atoms with Crippen LogP contribution >= 0.6 is 0 Å². The number of piperidine rings is 1. The number of hydrogen-bond acceptors (Lipinski definition) is 4. The number of carbonyl (C=O) groups is 2. The molecule has 2 aliphatic rings. The normalized spacial score (nSPS) is 29.3. The van der Waals surface area contributed by atoms with Crippen LogP contribution in [-0.4, -0.2) is 49.1 Å². The highest BCUT2D eigenvalue weighted by molar-refractivity contribution is 6.04. The summed E-state index contributed by atoms with van der Waals surface area (Å²) in [7, 11) is 0. The maximum absolute atomic E-state index is 11.9. The summed E-state index contributed by atoms with van der Waals surface area (Å²) < 4.78 is 5.78. The fraction of sp³-hybridized carbons (Fsp3) is 0.857. The summed E-state index contributed by atoms with van der Waals surface area (Å²) in [6.07, 6.45) is 3.18. The quantitative estimate of drug-likeness (QED) is 0.591. The molecule has 5 heteroatoms. The molecule has 2 rings (SSSR count). The number of nitrogens with one attached hydrogen (secondary N) is 1. The zero-order valence-corrected chi connectivity index (χ0v) is 11.9. The molecular formula is C14H24N2O3. The van der Waals surface area contributed by atoms with E-state index in [1.54, 1.807) is 0 Å². The predicted octanol–water partition coefficient (Wildman–Crippen LogP) is 0.786. The lowest BCUT2D eigenvalue weighted by molar-refractivity contribution is -0.140. The molecule has 0 aromatic heterocycles. The highest BCUT2D eigenvalue weighted by Gasteiger charge is 2.41. The van der Waals surface area contributed by atoms with Crippen molar-refractivity contribution >= 4 is 11.8 Å². The second-order valence-electron chi connectivity index (χ2n) is 5.58. The van der Waals surface area contributed by atoms with Crippen molar-refractivity contribution in [2.24, 2.45) is 11.8 Å². The van der Waals surface area contributed by atoms with Crippen LogP contribution in [0.2, 0.25) is 0 Å². The van der Waals surface area contributed by atoms with E-state index in [-0.39, 0.29) is 23.7 Å². The Morgan fingerprint density at radius 3 is 2.32 bits per heavy atom. The van der Waals surface area contributed by atoms with Crippen LogP contribution in [0, 0.1) is 11.8 Å². The molecule has 0 bridgehead atoms. The average Bonchev–Trinajstić information content (AvgIpc) is 2.62. The van der Waals surface area contributed by atoms with E-state index in [1.165, 1.54) is 4.90 Å². The Balaban J connectivity index is 1.68. The van der Waals surface area contributed by atoms with Gasteiger partial charge in [0.15, 0.2) is 0 Å². The van der Waals surface area contributed by atoms with Crippen LogP contribution in [0.5, 0.6) is 0 Å². The first-order valence-corrected chi connectivity index (χ1v) is 7.29. The molecule has 1 N–H and O–H groups in total. The Morgan fingerprint density at radius 1 is 1.16 bits per heavy atom. The first-order valence-electron chi connectivity index (χ1n) is 7.29. The van der Waals surface area contributed by atoms with Crippen LogP contribution in [0.4, 0.5) is 0 Å². The van der Waals surface area contributed by atoms with E-state index >= 15 is 0 Å². The van der Waals surface area contributed by atoms with Gasteiger partial charge in [-0.25, -0.2) is 0 Å². The Morgan fingerprint density at radius 2 is 1.74 bits per heavy atom. The maximum Gasteiger partial charge on any atom is 0.232 e. The minimum absolute atomic E-state index is 0.0284. The van der Waals surface area contributed by atoms with Gasteiger partial charge in [-0.2, -0.15) is 0 Å². The van der Waals surface area contributed by atoms with E-state index in [0.717, 1.165) is 32.4 Å². The van der Waals surface area contributed by atoms with E-state index in [1.807, 2.05) is 13.8 Å².